The Kier molecular flexibility index (Phi) is 10.5. The van der Waals surface area contributed by atoms with Crippen molar-refractivity contribution in [1.82, 2.24) is 10.6 Å². The number of aliphatic hydroxyl groups excluding tert-OH is 1. The lowest BCUT2D eigenvalue weighted by Crippen LogP contribution is -2.55. The zero-order valence-corrected chi connectivity index (χ0v) is 21.3. The summed E-state index contributed by atoms with van der Waals surface area (Å²) in [6.07, 6.45) is 4.16. The molecule has 1 fully saturated rings. The van der Waals surface area contributed by atoms with E-state index in [1.54, 1.807) is 20.8 Å². The minimum atomic E-state index is -0.840. The van der Waals surface area contributed by atoms with Crippen LogP contribution in [0.1, 0.15) is 72.3 Å². The summed E-state index contributed by atoms with van der Waals surface area (Å²) < 4.78 is 5.54. The highest BCUT2D eigenvalue weighted by molar-refractivity contribution is 5.91. The Labute approximate surface area is 204 Å². The van der Waals surface area contributed by atoms with Crippen LogP contribution in [0.4, 0.5) is 0 Å². The summed E-state index contributed by atoms with van der Waals surface area (Å²) in [5.74, 6) is -1.36. The maximum Gasteiger partial charge on any atom is 0.329 e. The first kappa shape index (κ1) is 27.8. The molecule has 0 aromatic heterocycles. The number of carbonyl (C=O) groups is 3. The van der Waals surface area contributed by atoms with Crippen LogP contribution in [0, 0.1) is 17.8 Å². The Balaban J connectivity index is 2.21. The number of ether oxygens (including phenoxy) is 1. The fourth-order valence-electron chi connectivity index (χ4n) is 4.44. The Morgan fingerprint density at radius 3 is 2.26 bits per heavy atom. The van der Waals surface area contributed by atoms with Crippen LogP contribution in [0.3, 0.4) is 0 Å². The number of nitrogens with one attached hydrogen (secondary N) is 2. The van der Waals surface area contributed by atoms with Crippen molar-refractivity contribution in [1.29, 1.82) is 0 Å². The van der Waals surface area contributed by atoms with E-state index in [4.69, 9.17) is 4.74 Å². The first-order chi connectivity index (χ1) is 16.0. The summed E-state index contributed by atoms with van der Waals surface area (Å²) in [6, 6.07) is 7.84. The van der Waals surface area contributed by atoms with Crippen LogP contribution in [0.15, 0.2) is 30.3 Å². The number of hydrogen-bond donors (Lipinski definition) is 3. The van der Waals surface area contributed by atoms with Crippen molar-refractivity contribution in [2.45, 2.75) is 90.8 Å². The lowest BCUT2D eigenvalue weighted by atomic mass is 9.79. The molecule has 0 bridgehead atoms. The third-order valence-electron chi connectivity index (χ3n) is 6.11. The van der Waals surface area contributed by atoms with Gasteiger partial charge in [-0.25, -0.2) is 4.79 Å². The fourth-order valence-corrected chi connectivity index (χ4v) is 4.44. The lowest BCUT2D eigenvalue weighted by Gasteiger charge is -2.31. The van der Waals surface area contributed by atoms with Crippen LogP contribution in [0.2, 0.25) is 0 Å². The lowest BCUT2D eigenvalue weighted by molar-refractivity contribution is -0.159. The van der Waals surface area contributed by atoms with Gasteiger partial charge in [0, 0.05) is 18.9 Å². The fraction of sp³-hybridized carbons (Fsp3) is 0.667. The van der Waals surface area contributed by atoms with Gasteiger partial charge in [0.15, 0.2) is 0 Å². The smallest absolute Gasteiger partial charge is 0.329 e. The molecule has 7 heteroatoms. The predicted molar refractivity (Wildman–Crippen MR) is 132 cm³/mol. The van der Waals surface area contributed by atoms with Crippen molar-refractivity contribution in [2.24, 2.45) is 17.8 Å². The van der Waals surface area contributed by atoms with Crippen LogP contribution in [-0.2, 0) is 25.5 Å². The molecule has 0 saturated heterocycles. The van der Waals surface area contributed by atoms with Crippen molar-refractivity contribution in [3.05, 3.63) is 35.9 Å². The monoisotopic (exact) mass is 474 g/mol. The molecular weight excluding hydrogens is 432 g/mol. The Morgan fingerprint density at radius 2 is 1.68 bits per heavy atom. The molecule has 190 valence electrons. The standard InChI is InChI=1S/C27H42N2O5/c1-18(2)15-23(26(33)34-27(3,4)5)29-25(32)22(16-19-11-7-6-8-12-19)28-24(31)21-14-10-9-13-20(21)17-30/h6-8,11-12,18,20-23,30H,9-10,13-17H2,1-5H3,(H,28,31)(H,29,32)/t20-,21+,22-,23-/m0/s1. The average Bonchev–Trinajstić information content (AvgIpc) is 2.77. The van der Waals surface area contributed by atoms with E-state index in [-0.39, 0.29) is 30.3 Å². The first-order valence-corrected chi connectivity index (χ1v) is 12.5. The molecule has 4 atom stereocenters. The number of rotatable bonds is 10. The third-order valence-corrected chi connectivity index (χ3v) is 6.11. The minimum Gasteiger partial charge on any atom is -0.458 e. The van der Waals surface area contributed by atoms with Crippen molar-refractivity contribution >= 4 is 17.8 Å². The number of aliphatic hydroxyl groups is 1. The van der Waals surface area contributed by atoms with E-state index >= 15 is 0 Å². The summed E-state index contributed by atoms with van der Waals surface area (Å²) in [5.41, 5.74) is 0.234. The maximum atomic E-state index is 13.4. The van der Waals surface area contributed by atoms with Gasteiger partial charge in [0.1, 0.15) is 17.7 Å². The number of carbonyl (C=O) groups excluding carboxylic acids is 3. The topological polar surface area (TPSA) is 105 Å². The van der Waals surface area contributed by atoms with Gasteiger partial charge in [-0.05, 0) is 57.4 Å². The molecule has 34 heavy (non-hydrogen) atoms. The first-order valence-electron chi connectivity index (χ1n) is 12.5. The molecular formula is C27H42N2O5. The molecule has 0 spiro atoms. The van der Waals surface area contributed by atoms with Crippen molar-refractivity contribution in [3.8, 4) is 0 Å². The highest BCUT2D eigenvalue weighted by Gasteiger charge is 2.34. The van der Waals surface area contributed by atoms with E-state index in [0.29, 0.717) is 19.3 Å². The van der Waals surface area contributed by atoms with Gasteiger partial charge in [0.05, 0.1) is 0 Å². The van der Waals surface area contributed by atoms with Crippen LogP contribution in [-0.4, -0.2) is 47.2 Å². The zero-order chi connectivity index (χ0) is 25.3. The second kappa shape index (κ2) is 12.9. The van der Waals surface area contributed by atoms with Crippen LogP contribution >= 0.6 is 0 Å². The van der Waals surface area contributed by atoms with Crippen LogP contribution < -0.4 is 10.6 Å². The molecule has 7 nitrogen and oxygen atoms in total. The molecule has 0 aliphatic heterocycles. The second-order valence-electron chi connectivity index (χ2n) is 10.8. The zero-order valence-electron chi connectivity index (χ0n) is 21.3. The highest BCUT2D eigenvalue weighted by Crippen LogP contribution is 2.30. The minimum absolute atomic E-state index is 0.0389. The summed E-state index contributed by atoms with van der Waals surface area (Å²) >= 11 is 0. The van der Waals surface area contributed by atoms with E-state index < -0.39 is 29.6 Å². The van der Waals surface area contributed by atoms with E-state index in [2.05, 4.69) is 10.6 Å². The molecule has 2 rings (SSSR count). The van der Waals surface area contributed by atoms with Gasteiger partial charge < -0.3 is 20.5 Å². The molecule has 1 saturated carbocycles. The molecule has 0 heterocycles. The molecule has 1 aromatic carbocycles. The van der Waals surface area contributed by atoms with Crippen molar-refractivity contribution in [3.63, 3.8) is 0 Å². The molecule has 1 aliphatic carbocycles. The second-order valence-corrected chi connectivity index (χ2v) is 10.8. The van der Waals surface area contributed by atoms with E-state index in [9.17, 15) is 19.5 Å². The van der Waals surface area contributed by atoms with Gasteiger partial charge in [-0.1, -0.05) is 57.0 Å². The van der Waals surface area contributed by atoms with E-state index in [0.717, 1.165) is 24.8 Å². The average molecular weight is 475 g/mol. The quantitative estimate of drug-likeness (QED) is 0.451. The van der Waals surface area contributed by atoms with Crippen molar-refractivity contribution < 1.29 is 24.2 Å². The van der Waals surface area contributed by atoms with Crippen LogP contribution in [0.5, 0.6) is 0 Å². The summed E-state index contributed by atoms with van der Waals surface area (Å²) in [7, 11) is 0. The molecule has 2 amide bonds. The predicted octanol–water partition coefficient (Wildman–Crippen LogP) is 3.39. The van der Waals surface area contributed by atoms with Gasteiger partial charge in [-0.15, -0.1) is 0 Å². The normalized spacial score (nSPS) is 20.3. The maximum absolute atomic E-state index is 13.4. The van der Waals surface area contributed by atoms with E-state index in [1.807, 2.05) is 44.2 Å². The van der Waals surface area contributed by atoms with Gasteiger partial charge in [0.25, 0.3) is 0 Å². The summed E-state index contributed by atoms with van der Waals surface area (Å²) in [5, 5.41) is 15.5. The highest BCUT2D eigenvalue weighted by atomic mass is 16.6. The van der Waals surface area contributed by atoms with Crippen molar-refractivity contribution in [2.75, 3.05) is 6.61 Å². The number of benzene rings is 1. The molecule has 0 unspecified atom stereocenters. The third kappa shape index (κ3) is 9.09. The molecule has 1 aliphatic rings. The Hall–Kier alpha value is -2.41. The SMILES string of the molecule is CC(C)C[C@H](NC(=O)[C@H](Cc1ccccc1)NC(=O)[C@@H]1CCCC[C@H]1CO)C(=O)OC(C)(C)C. The van der Waals surface area contributed by atoms with Gasteiger partial charge >= 0.3 is 5.97 Å². The Morgan fingerprint density at radius 1 is 1.03 bits per heavy atom. The number of hydrogen-bond acceptors (Lipinski definition) is 5. The number of amides is 2. The Bertz CT molecular complexity index is 803. The summed E-state index contributed by atoms with van der Waals surface area (Å²) in [6.45, 7) is 9.29. The largest absolute Gasteiger partial charge is 0.458 e. The van der Waals surface area contributed by atoms with E-state index in [1.165, 1.54) is 0 Å². The van der Waals surface area contributed by atoms with Gasteiger partial charge in [-0.2, -0.15) is 0 Å². The van der Waals surface area contributed by atoms with Crippen LogP contribution in [0.25, 0.3) is 0 Å². The molecule has 3 N–H and O–H groups in total. The summed E-state index contributed by atoms with van der Waals surface area (Å²) in [4.78, 5) is 39.4. The number of esters is 1. The molecule has 0 radical (unpaired) electrons. The molecule has 1 aromatic rings. The van der Waals surface area contributed by atoms with Gasteiger partial charge in [-0.3, -0.25) is 9.59 Å². The van der Waals surface area contributed by atoms with Gasteiger partial charge in [0.2, 0.25) is 11.8 Å².